The predicted molar refractivity (Wildman–Crippen MR) is 118 cm³/mol. The second kappa shape index (κ2) is 6.71. The van der Waals surface area contributed by atoms with Crippen LogP contribution in [0.3, 0.4) is 0 Å². The zero-order valence-corrected chi connectivity index (χ0v) is 17.9. The first-order chi connectivity index (χ1) is 13.3. The lowest BCUT2D eigenvalue weighted by atomic mass is 10.1. The fourth-order valence-electron chi connectivity index (χ4n) is 3.44. The van der Waals surface area contributed by atoms with Crippen LogP contribution < -0.4 is 10.5 Å². The Morgan fingerprint density at radius 2 is 1.75 bits per heavy atom. The third kappa shape index (κ3) is 2.88. The first-order valence-electron chi connectivity index (χ1n) is 9.39. The molecule has 0 saturated carbocycles. The summed E-state index contributed by atoms with van der Waals surface area (Å²) in [5.74, 6) is 0.992. The molecule has 4 rings (SSSR count). The Bertz CT molecular complexity index is 1250. The van der Waals surface area contributed by atoms with E-state index < -0.39 is 0 Å². The number of hydrogen-bond acceptors (Lipinski definition) is 5. The molecule has 144 valence electrons. The molecule has 0 atom stereocenters. The van der Waals surface area contributed by atoms with Crippen molar-refractivity contribution in [3.05, 3.63) is 57.8 Å². The average molecular weight is 393 g/mol. The highest BCUT2D eigenvalue weighted by Gasteiger charge is 2.20. The summed E-state index contributed by atoms with van der Waals surface area (Å²) < 4.78 is 2.34. The van der Waals surface area contributed by atoms with Gasteiger partial charge in [-0.25, -0.2) is 9.97 Å². The minimum absolute atomic E-state index is 0.0369. The van der Waals surface area contributed by atoms with Gasteiger partial charge in [0.05, 0.1) is 16.8 Å². The minimum atomic E-state index is -0.0369. The van der Waals surface area contributed by atoms with Crippen molar-refractivity contribution < 1.29 is 0 Å². The van der Waals surface area contributed by atoms with Crippen molar-refractivity contribution in [3.8, 4) is 5.69 Å². The molecule has 4 aromatic rings. The Hall–Kier alpha value is -2.73. The van der Waals surface area contributed by atoms with Gasteiger partial charge in [0.15, 0.2) is 0 Å². The molecule has 0 aliphatic carbocycles. The van der Waals surface area contributed by atoms with Crippen LogP contribution in [0.1, 0.15) is 36.8 Å². The molecule has 6 heteroatoms. The fraction of sp³-hybridized carbons (Fsp3) is 0.318. The van der Waals surface area contributed by atoms with E-state index in [1.807, 2.05) is 52.2 Å². The summed E-state index contributed by atoms with van der Waals surface area (Å²) in [4.78, 5) is 26.0. The van der Waals surface area contributed by atoms with Crippen LogP contribution in [0.5, 0.6) is 0 Å². The molecule has 0 saturated heterocycles. The Kier molecular flexibility index (Phi) is 4.46. The fourth-order valence-corrected chi connectivity index (χ4v) is 4.51. The monoisotopic (exact) mass is 392 g/mol. The third-order valence-electron chi connectivity index (χ3n) is 5.00. The Morgan fingerprint density at radius 3 is 2.36 bits per heavy atom. The van der Waals surface area contributed by atoms with Gasteiger partial charge < -0.3 is 4.90 Å². The zero-order chi connectivity index (χ0) is 20.2. The molecule has 0 bridgehead atoms. The highest BCUT2D eigenvalue weighted by atomic mass is 32.1. The molecule has 0 radical (unpaired) electrons. The molecular formula is C22H24N4OS. The molecule has 3 aromatic heterocycles. The van der Waals surface area contributed by atoms with Crippen molar-refractivity contribution in [1.82, 2.24) is 14.5 Å². The quantitative estimate of drug-likeness (QED) is 0.502. The highest BCUT2D eigenvalue weighted by Crippen LogP contribution is 2.37. The van der Waals surface area contributed by atoms with Crippen LogP contribution in [0.2, 0.25) is 0 Å². The Morgan fingerprint density at radius 1 is 1.07 bits per heavy atom. The summed E-state index contributed by atoms with van der Waals surface area (Å²) in [7, 11) is 4.03. The number of anilines is 1. The van der Waals surface area contributed by atoms with Gasteiger partial charge in [-0.2, -0.15) is 0 Å². The van der Waals surface area contributed by atoms with E-state index in [-0.39, 0.29) is 5.56 Å². The number of pyridine rings is 1. The van der Waals surface area contributed by atoms with Crippen LogP contribution in [0.25, 0.3) is 26.1 Å². The summed E-state index contributed by atoms with van der Waals surface area (Å²) in [5, 5.41) is 0.964. The summed E-state index contributed by atoms with van der Waals surface area (Å²) >= 11 is 1.44. The van der Waals surface area contributed by atoms with E-state index in [9.17, 15) is 4.79 Å². The van der Waals surface area contributed by atoms with Gasteiger partial charge in [-0.3, -0.25) is 9.36 Å². The molecule has 5 nitrogen and oxygen atoms in total. The van der Waals surface area contributed by atoms with E-state index in [1.165, 1.54) is 11.3 Å². The Balaban J connectivity index is 2.10. The van der Waals surface area contributed by atoms with E-state index in [2.05, 4.69) is 24.8 Å². The number of benzene rings is 1. The lowest BCUT2D eigenvalue weighted by molar-refractivity contribution is 0.830. The maximum absolute atomic E-state index is 13.4. The molecule has 0 spiro atoms. The third-order valence-corrected chi connectivity index (χ3v) is 6.06. The molecule has 0 aliphatic heterocycles. The molecule has 0 unspecified atom stereocenters. The average Bonchev–Trinajstić information content (AvgIpc) is 3.01. The van der Waals surface area contributed by atoms with Gasteiger partial charge in [0, 0.05) is 19.8 Å². The standard InChI is InChI=1S/C22H24N4OS/c1-12(2)16-11-17(25(5)6)18-19-20(28-21(18)24-16)22(27)26(14(4)23-19)15-9-7-13(3)8-10-15/h7-12H,1-6H3. The van der Waals surface area contributed by atoms with E-state index in [0.29, 0.717) is 16.4 Å². The smallest absolute Gasteiger partial charge is 0.276 e. The molecule has 3 heterocycles. The molecule has 28 heavy (non-hydrogen) atoms. The first-order valence-corrected chi connectivity index (χ1v) is 10.2. The molecule has 0 N–H and O–H groups in total. The maximum atomic E-state index is 13.4. The number of aryl methyl sites for hydroxylation is 2. The van der Waals surface area contributed by atoms with Gasteiger partial charge in [-0.15, -0.1) is 11.3 Å². The maximum Gasteiger partial charge on any atom is 0.276 e. The highest BCUT2D eigenvalue weighted by molar-refractivity contribution is 7.25. The second-order valence-corrected chi connectivity index (χ2v) is 8.71. The van der Waals surface area contributed by atoms with Crippen LogP contribution in [0.4, 0.5) is 5.69 Å². The largest absolute Gasteiger partial charge is 0.377 e. The summed E-state index contributed by atoms with van der Waals surface area (Å²) in [6.45, 7) is 8.18. The molecule has 0 fully saturated rings. The van der Waals surface area contributed by atoms with Crippen LogP contribution in [0, 0.1) is 13.8 Å². The number of hydrogen-bond donors (Lipinski definition) is 0. The minimum Gasteiger partial charge on any atom is -0.377 e. The van der Waals surface area contributed by atoms with Crippen molar-refractivity contribution in [3.63, 3.8) is 0 Å². The number of nitrogens with zero attached hydrogens (tertiary/aromatic N) is 4. The number of aromatic nitrogens is 3. The van der Waals surface area contributed by atoms with Crippen LogP contribution in [-0.4, -0.2) is 28.6 Å². The number of thiophene rings is 1. The first kappa shape index (κ1) is 18.6. The SMILES string of the molecule is Cc1ccc(-n2c(C)nc3c(sc4nc(C(C)C)cc(N(C)C)c43)c2=O)cc1. The Labute approximate surface area is 168 Å². The molecule has 0 aliphatic rings. The van der Waals surface area contributed by atoms with Gasteiger partial charge in [0.25, 0.3) is 5.56 Å². The molecular weight excluding hydrogens is 368 g/mol. The lowest BCUT2D eigenvalue weighted by Crippen LogP contribution is -2.21. The van der Waals surface area contributed by atoms with Gasteiger partial charge in [-0.05, 0) is 38.0 Å². The summed E-state index contributed by atoms with van der Waals surface area (Å²) in [5.41, 5.74) is 4.79. The van der Waals surface area contributed by atoms with Crippen molar-refractivity contribution in [2.75, 3.05) is 19.0 Å². The molecule has 1 aromatic carbocycles. The topological polar surface area (TPSA) is 51.0 Å². The van der Waals surface area contributed by atoms with E-state index in [1.54, 1.807) is 4.57 Å². The van der Waals surface area contributed by atoms with Gasteiger partial charge in [-0.1, -0.05) is 31.5 Å². The predicted octanol–water partition coefficient (Wildman–Crippen LogP) is 4.80. The van der Waals surface area contributed by atoms with Crippen LogP contribution in [-0.2, 0) is 0 Å². The number of fused-ring (bicyclic) bond motifs is 3. The van der Waals surface area contributed by atoms with E-state index in [0.717, 1.165) is 38.4 Å². The normalized spacial score (nSPS) is 11.7. The summed E-state index contributed by atoms with van der Waals surface area (Å²) in [6, 6.07) is 10.1. The van der Waals surface area contributed by atoms with Crippen molar-refractivity contribution in [2.24, 2.45) is 0 Å². The van der Waals surface area contributed by atoms with Gasteiger partial charge in [0.2, 0.25) is 0 Å². The van der Waals surface area contributed by atoms with Crippen molar-refractivity contribution in [2.45, 2.75) is 33.6 Å². The van der Waals surface area contributed by atoms with Crippen LogP contribution in [0.15, 0.2) is 35.1 Å². The van der Waals surface area contributed by atoms with Crippen LogP contribution >= 0.6 is 11.3 Å². The van der Waals surface area contributed by atoms with Crippen molar-refractivity contribution >= 4 is 37.5 Å². The zero-order valence-electron chi connectivity index (χ0n) is 17.1. The summed E-state index contributed by atoms with van der Waals surface area (Å²) in [6.07, 6.45) is 0. The number of rotatable bonds is 3. The van der Waals surface area contributed by atoms with Gasteiger partial charge >= 0.3 is 0 Å². The van der Waals surface area contributed by atoms with Gasteiger partial charge in [0.1, 0.15) is 20.9 Å². The van der Waals surface area contributed by atoms with E-state index in [4.69, 9.17) is 9.97 Å². The van der Waals surface area contributed by atoms with E-state index >= 15 is 0 Å². The molecule has 0 amide bonds. The second-order valence-electron chi connectivity index (χ2n) is 7.71. The van der Waals surface area contributed by atoms with Crippen molar-refractivity contribution in [1.29, 1.82) is 0 Å². The lowest BCUT2D eigenvalue weighted by Gasteiger charge is -2.16.